The maximum absolute atomic E-state index is 12.6. The number of amides is 1. The molecule has 6 nitrogen and oxygen atoms in total. The maximum Gasteiger partial charge on any atom is 0.251 e. The number of benzene rings is 2. The standard InChI is InChI=1S/C22H27N3O3/c1-4-14-28-20-11-10-17(15-21(20)27-5-2)22(26)23-12-13-25-16(3)24-18-8-6-7-9-19(18)25/h6-11,15H,4-5,12-14H2,1-3H3,(H,23,26). The number of nitrogens with one attached hydrogen (secondary N) is 1. The molecule has 3 rings (SSSR count). The highest BCUT2D eigenvalue weighted by atomic mass is 16.5. The van der Waals surface area contributed by atoms with Crippen LogP contribution in [0.1, 0.15) is 36.5 Å². The second kappa shape index (κ2) is 9.26. The Labute approximate surface area is 165 Å². The van der Waals surface area contributed by atoms with Crippen molar-refractivity contribution in [1.29, 1.82) is 0 Å². The summed E-state index contributed by atoms with van der Waals surface area (Å²) >= 11 is 0. The van der Waals surface area contributed by atoms with Gasteiger partial charge in [0.25, 0.3) is 5.91 Å². The van der Waals surface area contributed by atoms with Gasteiger partial charge in [-0.05, 0) is 50.6 Å². The van der Waals surface area contributed by atoms with Crippen molar-refractivity contribution in [1.82, 2.24) is 14.9 Å². The zero-order valence-corrected chi connectivity index (χ0v) is 16.7. The highest BCUT2D eigenvalue weighted by Gasteiger charge is 2.12. The molecule has 1 N–H and O–H groups in total. The first kappa shape index (κ1) is 19.7. The van der Waals surface area contributed by atoms with Gasteiger partial charge in [-0.2, -0.15) is 0 Å². The fraction of sp³-hybridized carbons (Fsp3) is 0.364. The van der Waals surface area contributed by atoms with E-state index < -0.39 is 0 Å². The van der Waals surface area contributed by atoms with Crippen LogP contribution < -0.4 is 14.8 Å². The van der Waals surface area contributed by atoms with Crippen LogP contribution in [0.2, 0.25) is 0 Å². The van der Waals surface area contributed by atoms with Gasteiger partial charge in [0.05, 0.1) is 24.2 Å². The number of aromatic nitrogens is 2. The molecule has 0 saturated heterocycles. The largest absolute Gasteiger partial charge is 0.490 e. The summed E-state index contributed by atoms with van der Waals surface area (Å²) in [5.41, 5.74) is 2.60. The van der Waals surface area contributed by atoms with Crippen molar-refractivity contribution in [2.75, 3.05) is 19.8 Å². The first-order valence-corrected chi connectivity index (χ1v) is 9.73. The molecule has 6 heteroatoms. The topological polar surface area (TPSA) is 65.4 Å². The zero-order valence-electron chi connectivity index (χ0n) is 16.7. The molecule has 0 saturated carbocycles. The summed E-state index contributed by atoms with van der Waals surface area (Å²) in [6.07, 6.45) is 0.913. The third-order valence-corrected chi connectivity index (χ3v) is 4.43. The van der Waals surface area contributed by atoms with Crippen molar-refractivity contribution in [3.8, 4) is 11.5 Å². The Morgan fingerprint density at radius 3 is 2.71 bits per heavy atom. The number of nitrogens with zero attached hydrogens (tertiary/aromatic N) is 2. The summed E-state index contributed by atoms with van der Waals surface area (Å²) in [6.45, 7) is 8.24. The monoisotopic (exact) mass is 381 g/mol. The van der Waals surface area contributed by atoms with Crippen molar-refractivity contribution in [3.05, 3.63) is 53.9 Å². The molecule has 2 aromatic carbocycles. The minimum absolute atomic E-state index is 0.134. The van der Waals surface area contributed by atoms with E-state index in [0.29, 0.717) is 43.4 Å². The number of hydrogen-bond donors (Lipinski definition) is 1. The molecule has 0 radical (unpaired) electrons. The van der Waals surface area contributed by atoms with Crippen molar-refractivity contribution >= 4 is 16.9 Å². The lowest BCUT2D eigenvalue weighted by molar-refractivity contribution is 0.0951. The van der Waals surface area contributed by atoms with Crippen LogP contribution in [-0.2, 0) is 6.54 Å². The van der Waals surface area contributed by atoms with Gasteiger partial charge in [-0.25, -0.2) is 4.98 Å². The van der Waals surface area contributed by atoms with Crippen molar-refractivity contribution in [2.24, 2.45) is 0 Å². The average Bonchev–Trinajstić information content (AvgIpc) is 3.02. The number of carbonyl (C=O) groups excluding carboxylic acids is 1. The van der Waals surface area contributed by atoms with Gasteiger partial charge in [-0.3, -0.25) is 4.79 Å². The summed E-state index contributed by atoms with van der Waals surface area (Å²) in [4.78, 5) is 17.1. The normalized spacial score (nSPS) is 10.8. The molecule has 1 heterocycles. The van der Waals surface area contributed by atoms with Gasteiger partial charge in [0, 0.05) is 18.7 Å². The number of imidazole rings is 1. The van der Waals surface area contributed by atoms with Crippen LogP contribution >= 0.6 is 0 Å². The van der Waals surface area contributed by atoms with E-state index in [1.54, 1.807) is 18.2 Å². The lowest BCUT2D eigenvalue weighted by Crippen LogP contribution is -2.27. The summed E-state index contributed by atoms with van der Waals surface area (Å²) in [5, 5.41) is 2.98. The fourth-order valence-electron chi connectivity index (χ4n) is 3.11. The Morgan fingerprint density at radius 2 is 1.93 bits per heavy atom. The molecule has 1 amide bonds. The predicted octanol–water partition coefficient (Wildman–Crippen LogP) is 3.96. The van der Waals surface area contributed by atoms with E-state index in [9.17, 15) is 4.79 Å². The quantitative estimate of drug-likeness (QED) is 0.609. The van der Waals surface area contributed by atoms with Gasteiger partial charge in [0.1, 0.15) is 5.82 Å². The second-order valence-electron chi connectivity index (χ2n) is 6.50. The summed E-state index contributed by atoms with van der Waals surface area (Å²) in [5.74, 6) is 2.07. The molecule has 0 unspecified atom stereocenters. The third-order valence-electron chi connectivity index (χ3n) is 4.43. The smallest absolute Gasteiger partial charge is 0.251 e. The van der Waals surface area contributed by atoms with Gasteiger partial charge in [-0.15, -0.1) is 0 Å². The SMILES string of the molecule is CCCOc1ccc(C(=O)NCCn2c(C)nc3ccccc32)cc1OCC. The lowest BCUT2D eigenvalue weighted by atomic mass is 10.2. The third kappa shape index (κ3) is 4.44. The summed E-state index contributed by atoms with van der Waals surface area (Å²) < 4.78 is 13.4. The number of ether oxygens (including phenoxy) is 2. The van der Waals surface area contributed by atoms with E-state index in [1.165, 1.54) is 0 Å². The van der Waals surface area contributed by atoms with E-state index in [4.69, 9.17) is 9.47 Å². The van der Waals surface area contributed by atoms with Crippen LogP contribution in [0, 0.1) is 6.92 Å². The van der Waals surface area contributed by atoms with Crippen molar-refractivity contribution in [3.63, 3.8) is 0 Å². The van der Waals surface area contributed by atoms with Crippen LogP contribution in [0.4, 0.5) is 0 Å². The van der Waals surface area contributed by atoms with E-state index in [2.05, 4.69) is 14.9 Å². The Balaban J connectivity index is 1.65. The molecule has 0 fully saturated rings. The average molecular weight is 381 g/mol. The molecule has 28 heavy (non-hydrogen) atoms. The number of hydrogen-bond acceptors (Lipinski definition) is 4. The van der Waals surface area contributed by atoms with Crippen LogP contribution in [0.3, 0.4) is 0 Å². The molecule has 1 aromatic heterocycles. The molecule has 0 aliphatic rings. The van der Waals surface area contributed by atoms with Gasteiger partial charge >= 0.3 is 0 Å². The summed E-state index contributed by atoms with van der Waals surface area (Å²) in [6, 6.07) is 13.3. The lowest BCUT2D eigenvalue weighted by Gasteiger charge is -2.13. The molecule has 0 aliphatic carbocycles. The first-order chi connectivity index (χ1) is 13.6. The minimum Gasteiger partial charge on any atom is -0.490 e. The van der Waals surface area contributed by atoms with E-state index in [-0.39, 0.29) is 5.91 Å². The highest BCUT2D eigenvalue weighted by Crippen LogP contribution is 2.28. The number of rotatable bonds is 9. The van der Waals surface area contributed by atoms with Gasteiger partial charge < -0.3 is 19.4 Å². The Hall–Kier alpha value is -3.02. The van der Waals surface area contributed by atoms with Crippen molar-refractivity contribution < 1.29 is 14.3 Å². The van der Waals surface area contributed by atoms with Crippen LogP contribution in [0.15, 0.2) is 42.5 Å². The van der Waals surface area contributed by atoms with E-state index in [0.717, 1.165) is 23.3 Å². The number of para-hydroxylation sites is 2. The summed E-state index contributed by atoms with van der Waals surface area (Å²) in [7, 11) is 0. The number of fused-ring (bicyclic) bond motifs is 1. The first-order valence-electron chi connectivity index (χ1n) is 9.73. The Kier molecular flexibility index (Phi) is 6.53. The number of aryl methyl sites for hydroxylation is 1. The molecule has 148 valence electrons. The Bertz CT molecular complexity index is 949. The van der Waals surface area contributed by atoms with Crippen LogP contribution in [0.25, 0.3) is 11.0 Å². The van der Waals surface area contributed by atoms with Crippen LogP contribution in [-0.4, -0.2) is 35.2 Å². The van der Waals surface area contributed by atoms with Gasteiger partial charge in [0.15, 0.2) is 11.5 Å². The molecule has 0 spiro atoms. The molecular formula is C22H27N3O3. The maximum atomic E-state index is 12.6. The Morgan fingerprint density at radius 1 is 1.11 bits per heavy atom. The van der Waals surface area contributed by atoms with Crippen LogP contribution in [0.5, 0.6) is 11.5 Å². The molecule has 0 bridgehead atoms. The zero-order chi connectivity index (χ0) is 19.9. The van der Waals surface area contributed by atoms with E-state index >= 15 is 0 Å². The highest BCUT2D eigenvalue weighted by molar-refractivity contribution is 5.94. The number of carbonyl (C=O) groups is 1. The second-order valence-corrected chi connectivity index (χ2v) is 6.50. The van der Waals surface area contributed by atoms with E-state index in [1.807, 2.05) is 45.0 Å². The van der Waals surface area contributed by atoms with Crippen molar-refractivity contribution in [2.45, 2.75) is 33.7 Å². The fourth-order valence-corrected chi connectivity index (χ4v) is 3.11. The van der Waals surface area contributed by atoms with Gasteiger partial charge in [0.2, 0.25) is 0 Å². The molecular weight excluding hydrogens is 354 g/mol. The van der Waals surface area contributed by atoms with Gasteiger partial charge in [-0.1, -0.05) is 19.1 Å². The molecule has 0 aliphatic heterocycles. The molecule has 0 atom stereocenters. The minimum atomic E-state index is -0.134. The molecule has 3 aromatic rings. The predicted molar refractivity (Wildman–Crippen MR) is 110 cm³/mol.